The predicted molar refractivity (Wildman–Crippen MR) is 91.3 cm³/mol. The molecule has 1 aromatic heterocycles. The van der Waals surface area contributed by atoms with Crippen LogP contribution >= 0.6 is 0 Å². The molecule has 0 saturated carbocycles. The first-order valence-electron chi connectivity index (χ1n) is 8.35. The zero-order valence-corrected chi connectivity index (χ0v) is 13.9. The van der Waals surface area contributed by atoms with E-state index in [1.807, 2.05) is 31.3 Å². The Hall–Kier alpha value is -2.29. The van der Waals surface area contributed by atoms with Gasteiger partial charge in [0.2, 0.25) is 0 Å². The lowest BCUT2D eigenvalue weighted by molar-refractivity contribution is 0.0950. The number of benzene rings is 1. The summed E-state index contributed by atoms with van der Waals surface area (Å²) in [5, 5.41) is 19.3. The number of hydrogen-bond acceptors (Lipinski definition) is 5. The number of β-amino-alcohol motifs (C(OH)–C–C–N with tert-alkyl or cyclic N) is 1. The molecule has 1 aliphatic rings. The summed E-state index contributed by atoms with van der Waals surface area (Å²) in [5.41, 5.74) is 2.57. The van der Waals surface area contributed by atoms with Gasteiger partial charge >= 0.3 is 0 Å². The van der Waals surface area contributed by atoms with Gasteiger partial charge in [-0.05, 0) is 50.1 Å². The normalized spacial score (nSPS) is 19.6. The summed E-state index contributed by atoms with van der Waals surface area (Å²) in [6.45, 7) is 4.42. The number of likely N-dealkylation sites (tertiary alicyclic amines) is 1. The van der Waals surface area contributed by atoms with Crippen molar-refractivity contribution in [1.29, 1.82) is 5.26 Å². The van der Waals surface area contributed by atoms with Gasteiger partial charge in [0.05, 0.1) is 17.7 Å². The van der Waals surface area contributed by atoms with E-state index in [1.165, 1.54) is 0 Å². The molecule has 2 heterocycles. The first kappa shape index (κ1) is 16.6. The Morgan fingerprint density at radius 2 is 2.12 bits per heavy atom. The van der Waals surface area contributed by atoms with Crippen LogP contribution in [0.3, 0.4) is 0 Å². The van der Waals surface area contributed by atoms with E-state index in [0.29, 0.717) is 18.0 Å². The minimum atomic E-state index is -0.538. The van der Waals surface area contributed by atoms with Crippen molar-refractivity contribution in [3.63, 3.8) is 0 Å². The lowest BCUT2D eigenvalue weighted by atomic mass is 9.94. The smallest absolute Gasteiger partial charge is 0.125 e. The average Bonchev–Trinajstić information content (AvgIpc) is 2.62. The molecule has 1 N–H and O–H groups in total. The fraction of sp³-hybridized carbons (Fsp3) is 0.421. The SMILES string of the molecule is Cc1nccc(C2CCCN(CC(O)c3ccc(C#N)cc3)C2)n1. The van der Waals surface area contributed by atoms with Crippen LogP contribution in [0, 0.1) is 18.3 Å². The molecule has 0 radical (unpaired) electrons. The fourth-order valence-corrected chi connectivity index (χ4v) is 3.29. The Morgan fingerprint density at radius 3 is 2.83 bits per heavy atom. The Bertz CT molecular complexity index is 723. The van der Waals surface area contributed by atoms with Crippen molar-refractivity contribution in [3.05, 3.63) is 59.2 Å². The number of rotatable bonds is 4. The van der Waals surface area contributed by atoms with Gasteiger partial charge in [-0.3, -0.25) is 4.90 Å². The van der Waals surface area contributed by atoms with Crippen LogP contribution in [0.5, 0.6) is 0 Å². The van der Waals surface area contributed by atoms with Crippen molar-refractivity contribution in [3.8, 4) is 6.07 Å². The molecule has 5 nitrogen and oxygen atoms in total. The molecular weight excluding hydrogens is 300 g/mol. The van der Waals surface area contributed by atoms with Crippen molar-refractivity contribution in [1.82, 2.24) is 14.9 Å². The average molecular weight is 322 g/mol. The highest BCUT2D eigenvalue weighted by Gasteiger charge is 2.24. The fourth-order valence-electron chi connectivity index (χ4n) is 3.29. The third-order valence-corrected chi connectivity index (χ3v) is 4.58. The Kier molecular flexibility index (Phi) is 5.19. The summed E-state index contributed by atoms with van der Waals surface area (Å²) in [6.07, 6.45) is 3.51. The number of piperidine rings is 1. The van der Waals surface area contributed by atoms with Gasteiger partial charge in [0.15, 0.2) is 0 Å². The van der Waals surface area contributed by atoms with Crippen LogP contribution in [0.25, 0.3) is 0 Å². The molecule has 0 aliphatic carbocycles. The van der Waals surface area contributed by atoms with Gasteiger partial charge in [-0.15, -0.1) is 0 Å². The second kappa shape index (κ2) is 7.52. The van der Waals surface area contributed by atoms with Crippen LogP contribution < -0.4 is 0 Å². The van der Waals surface area contributed by atoms with Gasteiger partial charge in [-0.25, -0.2) is 9.97 Å². The molecule has 5 heteroatoms. The number of nitrogens with zero attached hydrogens (tertiary/aromatic N) is 4. The highest BCUT2D eigenvalue weighted by Crippen LogP contribution is 2.27. The topological polar surface area (TPSA) is 73.0 Å². The van der Waals surface area contributed by atoms with E-state index < -0.39 is 6.10 Å². The minimum Gasteiger partial charge on any atom is -0.387 e. The van der Waals surface area contributed by atoms with Crippen molar-refractivity contribution in [2.75, 3.05) is 19.6 Å². The van der Waals surface area contributed by atoms with Crippen LogP contribution in [0.2, 0.25) is 0 Å². The van der Waals surface area contributed by atoms with Crippen LogP contribution in [-0.4, -0.2) is 39.6 Å². The molecule has 124 valence electrons. The van der Waals surface area contributed by atoms with Crippen LogP contribution in [0.4, 0.5) is 0 Å². The van der Waals surface area contributed by atoms with Crippen molar-refractivity contribution in [2.45, 2.75) is 31.8 Å². The Morgan fingerprint density at radius 1 is 1.33 bits per heavy atom. The molecule has 2 atom stereocenters. The summed E-state index contributed by atoms with van der Waals surface area (Å²) in [5.74, 6) is 1.20. The highest BCUT2D eigenvalue weighted by molar-refractivity contribution is 5.32. The molecule has 0 amide bonds. The predicted octanol–water partition coefficient (Wildman–Crippen LogP) is 2.57. The van der Waals surface area contributed by atoms with Gasteiger partial charge in [-0.1, -0.05) is 12.1 Å². The van der Waals surface area contributed by atoms with E-state index in [-0.39, 0.29) is 0 Å². The zero-order chi connectivity index (χ0) is 16.9. The molecule has 2 unspecified atom stereocenters. The molecule has 3 rings (SSSR count). The van der Waals surface area contributed by atoms with Crippen molar-refractivity contribution >= 4 is 0 Å². The van der Waals surface area contributed by atoms with E-state index in [9.17, 15) is 5.11 Å². The quantitative estimate of drug-likeness (QED) is 0.936. The maximum Gasteiger partial charge on any atom is 0.125 e. The summed E-state index contributed by atoms with van der Waals surface area (Å²) >= 11 is 0. The minimum absolute atomic E-state index is 0.397. The molecule has 2 aromatic rings. The Balaban J connectivity index is 1.63. The van der Waals surface area contributed by atoms with E-state index in [4.69, 9.17) is 5.26 Å². The number of aliphatic hydroxyl groups is 1. The molecule has 1 aliphatic heterocycles. The third-order valence-electron chi connectivity index (χ3n) is 4.58. The molecule has 0 spiro atoms. The number of hydrogen-bond donors (Lipinski definition) is 1. The van der Waals surface area contributed by atoms with Crippen molar-refractivity contribution < 1.29 is 5.11 Å². The van der Waals surface area contributed by atoms with Gasteiger partial charge in [0.1, 0.15) is 5.82 Å². The zero-order valence-electron chi connectivity index (χ0n) is 13.9. The van der Waals surface area contributed by atoms with Gasteiger partial charge < -0.3 is 5.11 Å². The van der Waals surface area contributed by atoms with Gasteiger partial charge in [-0.2, -0.15) is 5.26 Å². The number of aryl methyl sites for hydroxylation is 1. The summed E-state index contributed by atoms with van der Waals surface area (Å²) in [4.78, 5) is 11.0. The first-order valence-corrected chi connectivity index (χ1v) is 8.35. The van der Waals surface area contributed by atoms with Gasteiger partial charge in [0, 0.05) is 30.9 Å². The van der Waals surface area contributed by atoms with Crippen LogP contribution in [-0.2, 0) is 0 Å². The van der Waals surface area contributed by atoms with E-state index in [2.05, 4.69) is 20.9 Å². The molecule has 1 aromatic carbocycles. The number of aliphatic hydroxyl groups excluding tert-OH is 1. The molecule has 1 saturated heterocycles. The number of aromatic nitrogens is 2. The summed E-state index contributed by atoms with van der Waals surface area (Å²) in [6, 6.07) is 11.3. The van der Waals surface area contributed by atoms with E-state index in [1.54, 1.807) is 12.1 Å². The van der Waals surface area contributed by atoms with Crippen LogP contribution in [0.1, 0.15) is 47.5 Å². The number of nitriles is 1. The largest absolute Gasteiger partial charge is 0.387 e. The molecule has 24 heavy (non-hydrogen) atoms. The second-order valence-electron chi connectivity index (χ2n) is 6.38. The van der Waals surface area contributed by atoms with E-state index >= 15 is 0 Å². The lowest BCUT2D eigenvalue weighted by Crippen LogP contribution is -2.37. The monoisotopic (exact) mass is 322 g/mol. The molecule has 0 bridgehead atoms. The maximum absolute atomic E-state index is 10.5. The maximum atomic E-state index is 10.5. The van der Waals surface area contributed by atoms with E-state index in [0.717, 1.165) is 43.0 Å². The lowest BCUT2D eigenvalue weighted by Gasteiger charge is -2.33. The highest BCUT2D eigenvalue weighted by atomic mass is 16.3. The first-order chi connectivity index (χ1) is 11.7. The Labute approximate surface area is 142 Å². The van der Waals surface area contributed by atoms with Gasteiger partial charge in [0.25, 0.3) is 0 Å². The molecular formula is C19H22N4O. The molecule has 1 fully saturated rings. The third kappa shape index (κ3) is 3.97. The summed E-state index contributed by atoms with van der Waals surface area (Å²) in [7, 11) is 0. The van der Waals surface area contributed by atoms with Crippen LogP contribution in [0.15, 0.2) is 36.5 Å². The second-order valence-corrected chi connectivity index (χ2v) is 6.38. The summed E-state index contributed by atoms with van der Waals surface area (Å²) < 4.78 is 0. The van der Waals surface area contributed by atoms with Crippen molar-refractivity contribution in [2.24, 2.45) is 0 Å². The standard InChI is InChI=1S/C19H22N4O/c1-14-21-9-8-18(22-14)17-3-2-10-23(12-17)13-19(24)16-6-4-15(11-20)5-7-16/h4-9,17,19,24H,2-3,10,12-13H2,1H3.